The van der Waals surface area contributed by atoms with Gasteiger partial charge in [0.2, 0.25) is 0 Å². The van der Waals surface area contributed by atoms with E-state index in [1.54, 1.807) is 0 Å². The monoisotopic (exact) mass is 341 g/mol. The van der Waals surface area contributed by atoms with Gasteiger partial charge in [0.05, 0.1) is 6.04 Å². The molecule has 1 heterocycles. The molecule has 0 aliphatic carbocycles. The van der Waals surface area contributed by atoms with Crippen LogP contribution in [0.25, 0.3) is 0 Å². The molecule has 0 radical (unpaired) electrons. The van der Waals surface area contributed by atoms with Crippen molar-refractivity contribution in [3.8, 4) is 0 Å². The smallest absolute Gasteiger partial charge is 0.169 e. The van der Waals surface area contributed by atoms with Gasteiger partial charge in [-0.25, -0.2) is 0 Å². The van der Waals surface area contributed by atoms with Gasteiger partial charge in [0.25, 0.3) is 0 Å². The van der Waals surface area contributed by atoms with Gasteiger partial charge in [-0.2, -0.15) is 0 Å². The number of hydrogen-bond donors (Lipinski definition) is 1. The van der Waals surface area contributed by atoms with Gasteiger partial charge in [0, 0.05) is 5.02 Å². The van der Waals surface area contributed by atoms with Gasteiger partial charge < -0.3 is 9.73 Å². The summed E-state index contributed by atoms with van der Waals surface area (Å²) in [6, 6.07) is 12.1. The van der Waals surface area contributed by atoms with Gasteiger partial charge in [-0.1, -0.05) is 30.7 Å². The van der Waals surface area contributed by atoms with Gasteiger partial charge >= 0.3 is 0 Å². The van der Waals surface area contributed by atoms with E-state index in [-0.39, 0.29) is 6.04 Å². The lowest BCUT2D eigenvalue weighted by Crippen LogP contribution is -2.23. The number of nitrogens with one attached hydrogen (secondary N) is 1. The highest BCUT2D eigenvalue weighted by Gasteiger charge is 2.15. The van der Waals surface area contributed by atoms with E-state index < -0.39 is 0 Å². The van der Waals surface area contributed by atoms with Gasteiger partial charge in [-0.05, 0) is 65.1 Å². The van der Waals surface area contributed by atoms with E-state index in [1.165, 1.54) is 5.56 Å². The molecule has 0 aliphatic rings. The zero-order chi connectivity index (χ0) is 13.7. The van der Waals surface area contributed by atoms with Crippen LogP contribution >= 0.6 is 27.5 Å². The van der Waals surface area contributed by atoms with Gasteiger partial charge in [0.15, 0.2) is 4.67 Å². The minimum atomic E-state index is 0.171. The van der Waals surface area contributed by atoms with Crippen molar-refractivity contribution in [2.45, 2.75) is 25.8 Å². The summed E-state index contributed by atoms with van der Waals surface area (Å²) in [6.45, 7) is 3.12. The van der Waals surface area contributed by atoms with E-state index in [0.29, 0.717) is 0 Å². The summed E-state index contributed by atoms with van der Waals surface area (Å²) >= 11 is 9.38. The average molecular weight is 343 g/mol. The fourth-order valence-electron chi connectivity index (χ4n) is 2.01. The average Bonchev–Trinajstić information content (AvgIpc) is 2.81. The Hall–Kier alpha value is -0.770. The van der Waals surface area contributed by atoms with Crippen LogP contribution in [0.1, 0.15) is 30.7 Å². The second-order valence-electron chi connectivity index (χ2n) is 4.48. The topological polar surface area (TPSA) is 25.2 Å². The van der Waals surface area contributed by atoms with E-state index in [4.69, 9.17) is 16.0 Å². The van der Waals surface area contributed by atoms with Crippen LogP contribution in [0.5, 0.6) is 0 Å². The molecule has 1 atom stereocenters. The molecule has 0 bridgehead atoms. The first-order chi connectivity index (χ1) is 9.19. The molecule has 0 amide bonds. The van der Waals surface area contributed by atoms with Crippen LogP contribution in [0.15, 0.2) is 45.5 Å². The summed E-state index contributed by atoms with van der Waals surface area (Å²) in [5, 5.41) is 4.28. The second-order valence-corrected chi connectivity index (χ2v) is 5.70. The lowest BCUT2D eigenvalue weighted by molar-refractivity contribution is 0.400. The molecule has 1 unspecified atom stereocenters. The Kier molecular flexibility index (Phi) is 5.49. The van der Waals surface area contributed by atoms with E-state index in [1.807, 2.05) is 30.3 Å². The quantitative estimate of drug-likeness (QED) is 0.801. The molecule has 2 nitrogen and oxygen atoms in total. The third-order valence-corrected chi connectivity index (χ3v) is 3.57. The third-order valence-electron chi connectivity index (χ3n) is 2.91. The van der Waals surface area contributed by atoms with Gasteiger partial charge in [-0.3, -0.25) is 0 Å². The maximum absolute atomic E-state index is 6.03. The molecule has 0 spiro atoms. The van der Waals surface area contributed by atoms with E-state index in [9.17, 15) is 0 Å². The number of rotatable bonds is 6. The Morgan fingerprint density at radius 2 is 2.16 bits per heavy atom. The Labute approximate surface area is 127 Å². The highest BCUT2D eigenvalue weighted by Crippen LogP contribution is 2.24. The minimum absolute atomic E-state index is 0.171. The summed E-state index contributed by atoms with van der Waals surface area (Å²) in [7, 11) is 0. The normalized spacial score (nSPS) is 12.6. The highest BCUT2D eigenvalue weighted by atomic mass is 79.9. The van der Waals surface area contributed by atoms with Gasteiger partial charge in [-0.15, -0.1) is 0 Å². The molecule has 2 rings (SSSR count). The molecular weight excluding hydrogens is 326 g/mol. The lowest BCUT2D eigenvalue weighted by Gasteiger charge is -2.16. The van der Waals surface area contributed by atoms with Crippen LogP contribution in [0, 0.1) is 0 Å². The largest absolute Gasteiger partial charge is 0.453 e. The van der Waals surface area contributed by atoms with Crippen LogP contribution in [-0.2, 0) is 6.42 Å². The van der Waals surface area contributed by atoms with Crippen LogP contribution < -0.4 is 5.32 Å². The van der Waals surface area contributed by atoms with Crippen molar-refractivity contribution in [2.75, 3.05) is 6.54 Å². The third kappa shape index (κ3) is 4.37. The Balaban J connectivity index is 2.13. The molecule has 1 N–H and O–H groups in total. The van der Waals surface area contributed by atoms with Crippen molar-refractivity contribution >= 4 is 27.5 Å². The summed E-state index contributed by atoms with van der Waals surface area (Å²) in [4.78, 5) is 0. The molecule has 0 fully saturated rings. The number of hydrogen-bond acceptors (Lipinski definition) is 2. The fourth-order valence-corrected chi connectivity index (χ4v) is 2.54. The zero-order valence-corrected chi connectivity index (χ0v) is 13.2. The molecule has 1 aromatic heterocycles. The number of furan rings is 1. The van der Waals surface area contributed by atoms with Crippen molar-refractivity contribution in [2.24, 2.45) is 0 Å². The first kappa shape index (κ1) is 14.6. The number of benzene rings is 1. The van der Waals surface area contributed by atoms with Crippen LogP contribution in [0.4, 0.5) is 0 Å². The van der Waals surface area contributed by atoms with Crippen molar-refractivity contribution < 1.29 is 4.42 Å². The Bertz CT molecular complexity index is 526. The molecule has 1 aromatic carbocycles. The molecule has 19 heavy (non-hydrogen) atoms. The van der Waals surface area contributed by atoms with E-state index in [0.717, 1.165) is 34.8 Å². The molecule has 4 heteroatoms. The molecular formula is C15H17BrClNO. The van der Waals surface area contributed by atoms with Gasteiger partial charge in [0.1, 0.15) is 5.76 Å². The second kappa shape index (κ2) is 7.13. The standard InChI is InChI=1S/C15H17BrClNO/c1-2-8-18-13(14-6-7-15(16)19-14)10-11-4-3-5-12(17)9-11/h3-7,9,13,18H,2,8,10H2,1H3. The number of halogens is 2. The summed E-state index contributed by atoms with van der Waals surface area (Å²) in [5.41, 5.74) is 1.20. The first-order valence-electron chi connectivity index (χ1n) is 6.42. The molecule has 2 aromatic rings. The van der Waals surface area contributed by atoms with Crippen LogP contribution in [0.2, 0.25) is 5.02 Å². The molecule has 0 aliphatic heterocycles. The fraction of sp³-hybridized carbons (Fsp3) is 0.333. The van der Waals surface area contributed by atoms with Crippen molar-refractivity contribution in [3.05, 3.63) is 57.4 Å². The Morgan fingerprint density at radius 3 is 2.79 bits per heavy atom. The highest BCUT2D eigenvalue weighted by molar-refractivity contribution is 9.10. The maximum Gasteiger partial charge on any atom is 0.169 e. The zero-order valence-electron chi connectivity index (χ0n) is 10.8. The molecule has 0 saturated heterocycles. The van der Waals surface area contributed by atoms with Crippen molar-refractivity contribution in [1.29, 1.82) is 0 Å². The first-order valence-corrected chi connectivity index (χ1v) is 7.59. The van der Waals surface area contributed by atoms with Crippen LogP contribution in [-0.4, -0.2) is 6.54 Å². The van der Waals surface area contributed by atoms with E-state index >= 15 is 0 Å². The predicted octanol–water partition coefficient (Wildman–Crippen LogP) is 4.98. The summed E-state index contributed by atoms with van der Waals surface area (Å²) < 4.78 is 6.43. The van der Waals surface area contributed by atoms with Crippen molar-refractivity contribution in [1.82, 2.24) is 5.32 Å². The lowest BCUT2D eigenvalue weighted by atomic mass is 10.0. The van der Waals surface area contributed by atoms with Crippen LogP contribution in [0.3, 0.4) is 0 Å². The maximum atomic E-state index is 6.03. The predicted molar refractivity (Wildman–Crippen MR) is 82.6 cm³/mol. The summed E-state index contributed by atoms with van der Waals surface area (Å²) in [6.07, 6.45) is 1.95. The Morgan fingerprint density at radius 1 is 1.32 bits per heavy atom. The molecule has 0 saturated carbocycles. The molecule has 102 valence electrons. The SMILES string of the molecule is CCCNC(Cc1cccc(Cl)c1)c1ccc(Br)o1. The van der Waals surface area contributed by atoms with Crippen molar-refractivity contribution in [3.63, 3.8) is 0 Å². The minimum Gasteiger partial charge on any atom is -0.453 e. The summed E-state index contributed by atoms with van der Waals surface area (Å²) in [5.74, 6) is 0.945. The van der Waals surface area contributed by atoms with E-state index in [2.05, 4.69) is 34.2 Å².